The monoisotopic (exact) mass is 497 g/mol. The Kier molecular flexibility index (Phi) is 9.37. The zero-order valence-corrected chi connectivity index (χ0v) is 18.0. The highest BCUT2D eigenvalue weighted by molar-refractivity contribution is 14.0. The molecule has 9 heteroatoms. The first-order chi connectivity index (χ1) is 12.3. The highest BCUT2D eigenvalue weighted by atomic mass is 127. The molecule has 1 fully saturated rings. The van der Waals surface area contributed by atoms with Crippen molar-refractivity contribution >= 4 is 35.6 Å². The van der Waals surface area contributed by atoms with Gasteiger partial charge in [0.2, 0.25) is 0 Å². The summed E-state index contributed by atoms with van der Waals surface area (Å²) in [6.45, 7) is 7.75. The van der Waals surface area contributed by atoms with E-state index in [-0.39, 0.29) is 30.5 Å². The van der Waals surface area contributed by atoms with E-state index in [4.69, 9.17) is 0 Å². The number of alkyl halides is 3. The number of nitrogens with one attached hydrogen (secondary N) is 2. The molecule has 0 atom stereocenters. The molecule has 0 aromatic heterocycles. The van der Waals surface area contributed by atoms with Crippen molar-refractivity contribution in [1.82, 2.24) is 15.5 Å². The van der Waals surface area contributed by atoms with Crippen molar-refractivity contribution in [1.29, 1.82) is 0 Å². The molecule has 152 valence electrons. The van der Waals surface area contributed by atoms with Crippen LogP contribution in [0, 0.1) is 0 Å². The van der Waals surface area contributed by atoms with Crippen LogP contribution in [-0.2, 0) is 12.7 Å². The first-order valence-electron chi connectivity index (χ1n) is 8.54. The van der Waals surface area contributed by atoms with Gasteiger partial charge in [-0.2, -0.15) is 13.2 Å². The van der Waals surface area contributed by atoms with E-state index in [2.05, 4.69) is 32.0 Å². The molecular weight excluding hydrogens is 470 g/mol. The first kappa shape index (κ1) is 23.5. The van der Waals surface area contributed by atoms with Crippen LogP contribution in [0.5, 0.6) is 0 Å². The molecule has 0 aliphatic carbocycles. The van der Waals surface area contributed by atoms with Crippen LogP contribution in [0.3, 0.4) is 0 Å². The predicted octanol–water partition coefficient (Wildman–Crippen LogP) is 2.93. The van der Waals surface area contributed by atoms with Crippen molar-refractivity contribution in [3.63, 3.8) is 0 Å². The van der Waals surface area contributed by atoms with Gasteiger partial charge in [-0.3, -0.25) is 4.99 Å². The molecule has 5 nitrogen and oxygen atoms in total. The molecule has 0 spiro atoms. The van der Waals surface area contributed by atoms with Crippen LogP contribution in [-0.4, -0.2) is 57.7 Å². The van der Waals surface area contributed by atoms with Crippen LogP contribution in [0.4, 0.5) is 18.9 Å². The van der Waals surface area contributed by atoms with Crippen LogP contribution in [0.1, 0.15) is 11.1 Å². The maximum atomic E-state index is 13.1. The molecule has 0 saturated carbocycles. The zero-order chi connectivity index (χ0) is 19.2. The molecular formula is C18H27F3IN5. The van der Waals surface area contributed by atoms with Gasteiger partial charge in [0, 0.05) is 52.0 Å². The quantitative estimate of drug-likeness (QED) is 0.284. The molecule has 1 saturated heterocycles. The normalized spacial score (nSPS) is 15.9. The fraction of sp³-hybridized carbons (Fsp3) is 0.500. The molecule has 1 aliphatic heterocycles. The van der Waals surface area contributed by atoms with Crippen LogP contribution < -0.4 is 15.5 Å². The third-order valence-electron chi connectivity index (χ3n) is 4.33. The topological polar surface area (TPSA) is 42.9 Å². The van der Waals surface area contributed by atoms with Crippen LogP contribution in [0.2, 0.25) is 0 Å². The van der Waals surface area contributed by atoms with Crippen molar-refractivity contribution in [2.24, 2.45) is 4.99 Å². The average molecular weight is 497 g/mol. The minimum absolute atomic E-state index is 0. The number of hydrogen-bond donors (Lipinski definition) is 2. The number of nitrogens with zero attached hydrogens (tertiary/aromatic N) is 3. The molecule has 2 rings (SSSR count). The standard InChI is InChI=1S/C18H26F3N5.HI/c1-4-7-23-17(22-2)24-13-14-12-15(18(19,20)21)5-6-16(14)26-10-8-25(3)9-11-26;/h4-6,12H,1,7-11,13H2,2-3H3,(H2,22,23,24);1H. The third kappa shape index (κ3) is 6.87. The summed E-state index contributed by atoms with van der Waals surface area (Å²) in [6.07, 6.45) is -2.68. The summed E-state index contributed by atoms with van der Waals surface area (Å²) >= 11 is 0. The highest BCUT2D eigenvalue weighted by Gasteiger charge is 2.31. The highest BCUT2D eigenvalue weighted by Crippen LogP contribution is 2.33. The van der Waals surface area contributed by atoms with Gasteiger partial charge in [0.1, 0.15) is 0 Å². The Morgan fingerprint density at radius 3 is 2.44 bits per heavy atom. The minimum atomic E-state index is -4.36. The zero-order valence-electron chi connectivity index (χ0n) is 15.6. The molecule has 0 bridgehead atoms. The van der Waals surface area contributed by atoms with E-state index < -0.39 is 11.7 Å². The van der Waals surface area contributed by atoms with Gasteiger partial charge >= 0.3 is 6.18 Å². The number of likely N-dealkylation sites (N-methyl/N-ethyl adjacent to an activating group) is 1. The summed E-state index contributed by atoms with van der Waals surface area (Å²) in [5.41, 5.74) is 0.796. The number of hydrogen-bond acceptors (Lipinski definition) is 3. The molecule has 0 unspecified atom stereocenters. The number of halogens is 4. The Labute approximate surface area is 175 Å². The van der Waals surface area contributed by atoms with E-state index >= 15 is 0 Å². The largest absolute Gasteiger partial charge is 0.416 e. The SMILES string of the molecule is C=CCNC(=NC)NCc1cc(C(F)(F)F)ccc1N1CCN(C)CC1.I. The van der Waals surface area contributed by atoms with E-state index in [1.807, 2.05) is 7.05 Å². The second-order valence-electron chi connectivity index (χ2n) is 6.23. The molecule has 1 heterocycles. The summed E-state index contributed by atoms with van der Waals surface area (Å²) in [5.74, 6) is 0.520. The fourth-order valence-corrected chi connectivity index (χ4v) is 2.83. The van der Waals surface area contributed by atoms with Crippen molar-refractivity contribution in [2.75, 3.05) is 51.7 Å². The lowest BCUT2D eigenvalue weighted by Gasteiger charge is -2.35. The van der Waals surface area contributed by atoms with Gasteiger partial charge in [-0.25, -0.2) is 0 Å². The number of guanidine groups is 1. The average Bonchev–Trinajstić information content (AvgIpc) is 2.62. The summed E-state index contributed by atoms with van der Waals surface area (Å²) in [5, 5.41) is 6.09. The summed E-state index contributed by atoms with van der Waals surface area (Å²) in [6, 6.07) is 3.95. The number of aliphatic imine (C=N–C) groups is 1. The Morgan fingerprint density at radius 1 is 1.22 bits per heavy atom. The Hall–Kier alpha value is -1.49. The van der Waals surface area contributed by atoms with Gasteiger partial charge < -0.3 is 20.4 Å². The number of rotatable bonds is 5. The van der Waals surface area contributed by atoms with Gasteiger partial charge in [0.25, 0.3) is 0 Å². The second kappa shape index (κ2) is 10.7. The van der Waals surface area contributed by atoms with Gasteiger partial charge in [0.15, 0.2) is 5.96 Å². The lowest BCUT2D eigenvalue weighted by molar-refractivity contribution is -0.137. The van der Waals surface area contributed by atoms with E-state index in [1.54, 1.807) is 19.2 Å². The maximum absolute atomic E-state index is 13.1. The van der Waals surface area contributed by atoms with Gasteiger partial charge in [-0.1, -0.05) is 6.08 Å². The third-order valence-corrected chi connectivity index (χ3v) is 4.33. The summed E-state index contributed by atoms with van der Waals surface area (Å²) in [4.78, 5) is 8.41. The number of benzene rings is 1. The van der Waals surface area contributed by atoms with Gasteiger partial charge in [-0.15, -0.1) is 30.6 Å². The van der Waals surface area contributed by atoms with Gasteiger partial charge in [0.05, 0.1) is 5.56 Å². The molecule has 1 aromatic rings. The van der Waals surface area contributed by atoms with E-state index in [0.717, 1.165) is 37.9 Å². The minimum Gasteiger partial charge on any atom is -0.369 e. The van der Waals surface area contributed by atoms with Crippen molar-refractivity contribution in [2.45, 2.75) is 12.7 Å². The van der Waals surface area contributed by atoms with Crippen LogP contribution in [0.15, 0.2) is 35.8 Å². The van der Waals surface area contributed by atoms with Crippen molar-refractivity contribution in [3.05, 3.63) is 42.0 Å². The first-order valence-corrected chi connectivity index (χ1v) is 8.54. The Balaban J connectivity index is 0.00000364. The van der Waals surface area contributed by atoms with Crippen molar-refractivity contribution < 1.29 is 13.2 Å². The molecule has 1 aromatic carbocycles. The lowest BCUT2D eigenvalue weighted by Crippen LogP contribution is -2.45. The lowest BCUT2D eigenvalue weighted by atomic mass is 10.1. The molecule has 27 heavy (non-hydrogen) atoms. The molecule has 0 radical (unpaired) electrons. The molecule has 1 aliphatic rings. The maximum Gasteiger partial charge on any atom is 0.416 e. The Morgan fingerprint density at radius 2 is 1.89 bits per heavy atom. The Bertz CT molecular complexity index is 640. The summed E-state index contributed by atoms with van der Waals surface area (Å²) in [7, 11) is 3.66. The molecule has 0 amide bonds. The predicted molar refractivity (Wildman–Crippen MR) is 115 cm³/mol. The van der Waals surface area contributed by atoms with Crippen LogP contribution in [0.25, 0.3) is 0 Å². The fourth-order valence-electron chi connectivity index (χ4n) is 2.83. The van der Waals surface area contributed by atoms with Crippen molar-refractivity contribution in [3.8, 4) is 0 Å². The van der Waals surface area contributed by atoms with E-state index in [0.29, 0.717) is 18.1 Å². The summed E-state index contributed by atoms with van der Waals surface area (Å²) < 4.78 is 39.4. The smallest absolute Gasteiger partial charge is 0.369 e. The number of anilines is 1. The van der Waals surface area contributed by atoms with Crippen LogP contribution >= 0.6 is 24.0 Å². The van der Waals surface area contributed by atoms with Gasteiger partial charge in [-0.05, 0) is 30.8 Å². The second-order valence-corrected chi connectivity index (χ2v) is 6.23. The number of piperazine rings is 1. The van der Waals surface area contributed by atoms with E-state index in [9.17, 15) is 13.2 Å². The molecule has 2 N–H and O–H groups in total. The van der Waals surface area contributed by atoms with E-state index in [1.165, 1.54) is 6.07 Å².